The maximum absolute atomic E-state index is 13.9. The van der Waals surface area contributed by atoms with Gasteiger partial charge in [-0.2, -0.15) is 0 Å². The van der Waals surface area contributed by atoms with Gasteiger partial charge in [-0.15, -0.1) is 0 Å². The summed E-state index contributed by atoms with van der Waals surface area (Å²) in [7, 11) is 0. The van der Waals surface area contributed by atoms with Crippen molar-refractivity contribution in [2.45, 2.75) is 30.5 Å². The molecule has 0 aromatic heterocycles. The van der Waals surface area contributed by atoms with Crippen molar-refractivity contribution < 1.29 is 15.0 Å². The number of carbonyl (C=O) groups excluding carboxylic acids is 1. The van der Waals surface area contributed by atoms with Crippen molar-refractivity contribution >= 4 is 40.6 Å². The molecule has 0 bridgehead atoms. The van der Waals surface area contributed by atoms with Crippen LogP contribution in [0.1, 0.15) is 24.8 Å². The number of nitrogens with zero attached hydrogens (tertiary/aromatic N) is 2. The molecule has 1 spiro atoms. The van der Waals surface area contributed by atoms with Gasteiger partial charge in [0.15, 0.2) is 5.72 Å². The van der Waals surface area contributed by atoms with Crippen molar-refractivity contribution in [2.75, 3.05) is 9.80 Å². The monoisotopic (exact) mass is 454 g/mol. The first kappa shape index (κ1) is 20.2. The van der Waals surface area contributed by atoms with Crippen LogP contribution in [0.5, 0.6) is 5.75 Å². The molecule has 1 atom stereocenters. The molecule has 5 nitrogen and oxygen atoms in total. The highest BCUT2D eigenvalue weighted by Crippen LogP contribution is 2.59. The van der Waals surface area contributed by atoms with Gasteiger partial charge in [0, 0.05) is 27.0 Å². The van der Waals surface area contributed by atoms with Crippen LogP contribution in [0, 0.1) is 0 Å². The predicted molar refractivity (Wildman–Crippen MR) is 122 cm³/mol. The molecule has 3 aromatic carbocycles. The first-order valence-corrected chi connectivity index (χ1v) is 10.8. The van der Waals surface area contributed by atoms with Crippen molar-refractivity contribution in [3.05, 3.63) is 88.4 Å². The van der Waals surface area contributed by atoms with Crippen LogP contribution in [0.15, 0.2) is 72.8 Å². The maximum Gasteiger partial charge on any atom is 0.332 e. The Kier molecular flexibility index (Phi) is 4.66. The van der Waals surface area contributed by atoms with Crippen LogP contribution < -0.4 is 9.80 Å². The lowest BCUT2D eigenvalue weighted by Crippen LogP contribution is -2.63. The number of aliphatic hydroxyl groups is 1. The number of hydrogen-bond donors (Lipinski definition) is 2. The molecule has 7 heteroatoms. The molecule has 2 aliphatic rings. The molecule has 0 radical (unpaired) electrons. The third-order valence-electron chi connectivity index (χ3n) is 6.38. The number of halogens is 2. The van der Waals surface area contributed by atoms with Crippen molar-refractivity contribution in [2.24, 2.45) is 0 Å². The van der Waals surface area contributed by atoms with Crippen LogP contribution in [0.4, 0.5) is 16.2 Å². The van der Waals surface area contributed by atoms with Crippen LogP contribution in [0.3, 0.4) is 0 Å². The maximum atomic E-state index is 13.9. The quantitative estimate of drug-likeness (QED) is 0.516. The summed E-state index contributed by atoms with van der Waals surface area (Å²) in [6.45, 7) is 0. The average molecular weight is 455 g/mol. The number of aromatic hydroxyl groups is 1. The summed E-state index contributed by atoms with van der Waals surface area (Å²) < 4.78 is 0. The molecule has 5 rings (SSSR count). The van der Waals surface area contributed by atoms with Crippen LogP contribution >= 0.6 is 23.2 Å². The summed E-state index contributed by atoms with van der Waals surface area (Å²) in [6, 6.07) is 19.9. The fraction of sp³-hybridized carbons (Fsp3) is 0.208. The highest BCUT2D eigenvalue weighted by molar-refractivity contribution is 6.31. The van der Waals surface area contributed by atoms with Gasteiger partial charge in [0.05, 0.1) is 0 Å². The van der Waals surface area contributed by atoms with Crippen molar-refractivity contribution in [1.82, 2.24) is 0 Å². The van der Waals surface area contributed by atoms with Gasteiger partial charge in [-0.3, -0.25) is 9.80 Å². The summed E-state index contributed by atoms with van der Waals surface area (Å²) in [5.74, 6) is 0.0221. The second kappa shape index (κ2) is 7.16. The van der Waals surface area contributed by atoms with E-state index < -0.39 is 11.3 Å². The zero-order chi connectivity index (χ0) is 21.8. The van der Waals surface area contributed by atoms with Crippen LogP contribution in [0.2, 0.25) is 10.0 Å². The van der Waals surface area contributed by atoms with E-state index >= 15 is 0 Å². The normalized spacial score (nSPS) is 22.1. The van der Waals surface area contributed by atoms with E-state index in [9.17, 15) is 15.0 Å². The fourth-order valence-corrected chi connectivity index (χ4v) is 5.08. The largest absolute Gasteiger partial charge is 0.508 e. The topological polar surface area (TPSA) is 64.0 Å². The van der Waals surface area contributed by atoms with Gasteiger partial charge < -0.3 is 10.2 Å². The first-order chi connectivity index (χ1) is 14.9. The fourth-order valence-electron chi connectivity index (χ4n) is 4.83. The molecule has 31 heavy (non-hydrogen) atoms. The number of urea groups is 1. The second-order valence-corrected chi connectivity index (χ2v) is 8.89. The summed E-state index contributed by atoms with van der Waals surface area (Å²) in [5.41, 5.74) is -0.973. The van der Waals surface area contributed by atoms with E-state index in [4.69, 9.17) is 23.2 Å². The van der Waals surface area contributed by atoms with Crippen molar-refractivity contribution in [3.8, 4) is 5.75 Å². The van der Waals surface area contributed by atoms with Gasteiger partial charge in [0.2, 0.25) is 0 Å². The SMILES string of the molecule is O=C1N(c2ccc(Cl)cc2)C2(CCC2)C(O)(c2cccc(O)c2)N1c1ccc(Cl)cc1. The van der Waals surface area contributed by atoms with Crippen LogP contribution in [0.25, 0.3) is 0 Å². The van der Waals surface area contributed by atoms with Crippen molar-refractivity contribution in [1.29, 1.82) is 0 Å². The third-order valence-corrected chi connectivity index (χ3v) is 6.89. The Morgan fingerprint density at radius 2 is 1.35 bits per heavy atom. The molecular formula is C24H20Cl2N2O3. The molecular weight excluding hydrogens is 435 g/mol. The number of benzene rings is 3. The van der Waals surface area contributed by atoms with E-state index in [0.29, 0.717) is 39.8 Å². The molecule has 2 amide bonds. The minimum atomic E-state index is -1.70. The Hall–Kier alpha value is -2.73. The Balaban J connectivity index is 1.76. The smallest absolute Gasteiger partial charge is 0.332 e. The molecule has 1 saturated carbocycles. The number of hydrogen-bond acceptors (Lipinski definition) is 3. The van der Waals surface area contributed by atoms with E-state index in [1.54, 1.807) is 71.6 Å². The van der Waals surface area contributed by atoms with Gasteiger partial charge in [-0.05, 0) is 79.9 Å². The Bertz CT molecular complexity index is 1150. The van der Waals surface area contributed by atoms with E-state index in [0.717, 1.165) is 6.42 Å². The molecule has 1 heterocycles. The standard InChI is InChI=1S/C24H20Cl2N2O3/c25-17-5-9-19(10-6-17)27-22(30)28(20-11-7-18(26)8-12-20)24(31,23(27)13-2-14-23)16-3-1-4-21(29)15-16/h1,3-12,15,29,31H,2,13-14H2. The summed E-state index contributed by atoms with van der Waals surface area (Å²) in [6.07, 6.45) is 2.09. The Morgan fingerprint density at radius 3 is 1.84 bits per heavy atom. The van der Waals surface area contributed by atoms with E-state index in [1.165, 1.54) is 11.0 Å². The number of carbonyl (C=O) groups is 1. The first-order valence-electron chi connectivity index (χ1n) is 10.0. The van der Waals surface area contributed by atoms with E-state index in [2.05, 4.69) is 0 Å². The van der Waals surface area contributed by atoms with E-state index in [1.807, 2.05) is 0 Å². The Labute approximate surface area is 190 Å². The molecule has 158 valence electrons. The predicted octanol–water partition coefficient (Wildman–Crippen LogP) is 5.91. The van der Waals surface area contributed by atoms with Gasteiger partial charge in [0.1, 0.15) is 11.3 Å². The number of anilines is 2. The lowest BCUT2D eigenvalue weighted by Gasteiger charge is -2.52. The lowest BCUT2D eigenvalue weighted by atomic mass is 9.66. The number of phenols is 1. The highest BCUT2D eigenvalue weighted by atomic mass is 35.5. The molecule has 1 saturated heterocycles. The summed E-state index contributed by atoms with van der Waals surface area (Å²) in [5, 5.41) is 23.6. The average Bonchev–Trinajstić information content (AvgIpc) is 2.94. The minimum absolute atomic E-state index is 0.0221. The lowest BCUT2D eigenvalue weighted by molar-refractivity contribution is -0.0525. The molecule has 1 aliphatic heterocycles. The van der Waals surface area contributed by atoms with Crippen LogP contribution in [-0.2, 0) is 5.72 Å². The molecule has 1 unspecified atom stereocenters. The molecule has 1 aliphatic carbocycles. The zero-order valence-corrected chi connectivity index (χ0v) is 18.0. The third kappa shape index (κ3) is 2.84. The zero-order valence-electron chi connectivity index (χ0n) is 16.5. The van der Waals surface area contributed by atoms with Gasteiger partial charge >= 0.3 is 6.03 Å². The highest BCUT2D eigenvalue weighted by Gasteiger charge is 2.70. The number of rotatable bonds is 3. The van der Waals surface area contributed by atoms with E-state index in [-0.39, 0.29) is 11.8 Å². The summed E-state index contributed by atoms with van der Waals surface area (Å²) >= 11 is 12.2. The molecule has 3 aromatic rings. The van der Waals surface area contributed by atoms with Gasteiger partial charge in [-0.25, -0.2) is 4.79 Å². The van der Waals surface area contributed by atoms with Gasteiger partial charge in [0.25, 0.3) is 0 Å². The van der Waals surface area contributed by atoms with Crippen molar-refractivity contribution in [3.63, 3.8) is 0 Å². The minimum Gasteiger partial charge on any atom is -0.508 e. The Morgan fingerprint density at radius 1 is 0.806 bits per heavy atom. The summed E-state index contributed by atoms with van der Waals surface area (Å²) in [4.78, 5) is 17.0. The van der Waals surface area contributed by atoms with Crippen LogP contribution in [-0.4, -0.2) is 21.8 Å². The number of amides is 2. The second-order valence-electron chi connectivity index (χ2n) is 8.01. The molecule has 2 N–H and O–H groups in total. The van der Waals surface area contributed by atoms with Gasteiger partial charge in [-0.1, -0.05) is 35.3 Å². The molecule has 2 fully saturated rings. The number of phenolic OH excluding ortho intramolecular Hbond substituents is 1.